The molecule has 1 fully saturated rings. The molecule has 1 atom stereocenters. The molecule has 114 valence electrons. The second-order valence-corrected chi connectivity index (χ2v) is 5.75. The van der Waals surface area contributed by atoms with Gasteiger partial charge >= 0.3 is 0 Å². The van der Waals surface area contributed by atoms with Gasteiger partial charge in [0.1, 0.15) is 0 Å². The predicted molar refractivity (Wildman–Crippen MR) is 86.0 cm³/mol. The van der Waals surface area contributed by atoms with Gasteiger partial charge in [0.15, 0.2) is 0 Å². The SMILES string of the molecule is CCN1CCCC1CNC(=O)c1ccc2c(c1)NCCN2. The predicted octanol–water partition coefficient (Wildman–Crippen LogP) is 1.74. The maximum Gasteiger partial charge on any atom is 0.251 e. The monoisotopic (exact) mass is 288 g/mol. The van der Waals surface area contributed by atoms with Gasteiger partial charge in [0.25, 0.3) is 5.91 Å². The van der Waals surface area contributed by atoms with Crippen molar-refractivity contribution in [1.82, 2.24) is 10.2 Å². The van der Waals surface area contributed by atoms with Gasteiger partial charge in [-0.1, -0.05) is 6.92 Å². The van der Waals surface area contributed by atoms with Crippen LogP contribution in [0.15, 0.2) is 18.2 Å². The summed E-state index contributed by atoms with van der Waals surface area (Å²) in [6, 6.07) is 6.30. The number of carbonyl (C=O) groups is 1. The molecule has 0 aromatic heterocycles. The molecule has 2 aliphatic heterocycles. The minimum atomic E-state index is 0.0214. The van der Waals surface area contributed by atoms with Crippen LogP contribution < -0.4 is 16.0 Å². The first-order chi connectivity index (χ1) is 10.3. The maximum atomic E-state index is 12.3. The molecule has 3 rings (SSSR count). The Morgan fingerprint density at radius 1 is 1.33 bits per heavy atom. The number of hydrogen-bond acceptors (Lipinski definition) is 4. The maximum absolute atomic E-state index is 12.3. The van der Waals surface area contributed by atoms with Crippen LogP contribution in [0.3, 0.4) is 0 Å². The molecule has 3 N–H and O–H groups in total. The van der Waals surface area contributed by atoms with E-state index in [-0.39, 0.29) is 5.91 Å². The first-order valence-electron chi connectivity index (χ1n) is 7.92. The molecule has 21 heavy (non-hydrogen) atoms. The number of likely N-dealkylation sites (N-methyl/N-ethyl adjacent to an activating group) is 1. The number of benzene rings is 1. The zero-order valence-electron chi connectivity index (χ0n) is 12.6. The zero-order chi connectivity index (χ0) is 14.7. The number of anilines is 2. The minimum absolute atomic E-state index is 0.0214. The van der Waals surface area contributed by atoms with Crippen molar-refractivity contribution >= 4 is 17.3 Å². The second-order valence-electron chi connectivity index (χ2n) is 5.75. The summed E-state index contributed by atoms with van der Waals surface area (Å²) in [6.07, 6.45) is 2.42. The smallest absolute Gasteiger partial charge is 0.251 e. The van der Waals surface area contributed by atoms with Crippen LogP contribution in [0.5, 0.6) is 0 Å². The molecular weight excluding hydrogens is 264 g/mol. The fourth-order valence-corrected chi connectivity index (χ4v) is 3.24. The van der Waals surface area contributed by atoms with Crippen molar-refractivity contribution in [1.29, 1.82) is 0 Å². The lowest BCUT2D eigenvalue weighted by Crippen LogP contribution is -2.40. The number of nitrogens with zero attached hydrogens (tertiary/aromatic N) is 1. The quantitative estimate of drug-likeness (QED) is 0.790. The molecule has 0 saturated carbocycles. The molecule has 5 nitrogen and oxygen atoms in total. The molecule has 1 amide bonds. The number of amides is 1. The molecule has 5 heteroatoms. The van der Waals surface area contributed by atoms with Gasteiger partial charge < -0.3 is 16.0 Å². The van der Waals surface area contributed by atoms with Crippen LogP contribution in [0.1, 0.15) is 30.1 Å². The highest BCUT2D eigenvalue weighted by Crippen LogP contribution is 2.25. The first kappa shape index (κ1) is 14.2. The lowest BCUT2D eigenvalue weighted by Gasteiger charge is -2.23. The number of fused-ring (bicyclic) bond motifs is 1. The van der Waals surface area contributed by atoms with E-state index in [1.54, 1.807) is 0 Å². The van der Waals surface area contributed by atoms with Gasteiger partial charge in [-0.05, 0) is 44.1 Å². The van der Waals surface area contributed by atoms with Crippen LogP contribution >= 0.6 is 0 Å². The third-order valence-electron chi connectivity index (χ3n) is 4.44. The normalized spacial score (nSPS) is 21.3. The fraction of sp³-hybridized carbons (Fsp3) is 0.562. The highest BCUT2D eigenvalue weighted by atomic mass is 16.1. The number of nitrogens with one attached hydrogen (secondary N) is 3. The summed E-state index contributed by atoms with van der Waals surface area (Å²) in [7, 11) is 0. The molecule has 1 aromatic carbocycles. The third kappa shape index (κ3) is 3.13. The van der Waals surface area contributed by atoms with E-state index in [0.717, 1.165) is 49.7 Å². The average molecular weight is 288 g/mol. The average Bonchev–Trinajstić information content (AvgIpc) is 2.99. The molecule has 0 radical (unpaired) electrons. The van der Waals surface area contributed by atoms with Crippen LogP contribution in [-0.2, 0) is 0 Å². The van der Waals surface area contributed by atoms with Gasteiger partial charge in [0.2, 0.25) is 0 Å². The minimum Gasteiger partial charge on any atom is -0.382 e. The van der Waals surface area contributed by atoms with Crippen molar-refractivity contribution in [3.63, 3.8) is 0 Å². The van der Waals surface area contributed by atoms with Gasteiger partial charge in [-0.15, -0.1) is 0 Å². The lowest BCUT2D eigenvalue weighted by atomic mass is 10.1. The number of hydrogen-bond donors (Lipinski definition) is 3. The van der Waals surface area contributed by atoms with E-state index in [4.69, 9.17) is 0 Å². The van der Waals surface area contributed by atoms with E-state index < -0.39 is 0 Å². The summed E-state index contributed by atoms with van der Waals surface area (Å²) in [5.74, 6) is 0.0214. The van der Waals surface area contributed by atoms with Gasteiger partial charge in [-0.25, -0.2) is 0 Å². The van der Waals surface area contributed by atoms with Gasteiger partial charge in [0, 0.05) is 31.2 Å². The van der Waals surface area contributed by atoms with Gasteiger partial charge in [0.05, 0.1) is 11.4 Å². The van der Waals surface area contributed by atoms with E-state index in [1.165, 1.54) is 12.8 Å². The Kier molecular flexibility index (Phi) is 4.29. The van der Waals surface area contributed by atoms with Gasteiger partial charge in [-0.2, -0.15) is 0 Å². The van der Waals surface area contributed by atoms with Crippen molar-refractivity contribution in [3.8, 4) is 0 Å². The summed E-state index contributed by atoms with van der Waals surface area (Å²) in [4.78, 5) is 14.7. The Morgan fingerprint density at radius 3 is 2.95 bits per heavy atom. The van der Waals surface area contributed by atoms with Crippen molar-refractivity contribution < 1.29 is 4.79 Å². The highest BCUT2D eigenvalue weighted by molar-refractivity contribution is 5.96. The van der Waals surface area contributed by atoms with Crippen LogP contribution in [0.4, 0.5) is 11.4 Å². The molecule has 1 unspecified atom stereocenters. The lowest BCUT2D eigenvalue weighted by molar-refractivity contribution is 0.0941. The van der Waals surface area contributed by atoms with Gasteiger partial charge in [-0.3, -0.25) is 9.69 Å². The van der Waals surface area contributed by atoms with Crippen molar-refractivity contribution in [2.45, 2.75) is 25.8 Å². The summed E-state index contributed by atoms with van der Waals surface area (Å²) in [5, 5.41) is 9.72. The Hall–Kier alpha value is -1.75. The fourth-order valence-electron chi connectivity index (χ4n) is 3.24. The van der Waals surface area contributed by atoms with Crippen LogP contribution in [0, 0.1) is 0 Å². The third-order valence-corrected chi connectivity index (χ3v) is 4.44. The number of rotatable bonds is 4. The Balaban J connectivity index is 1.60. The van der Waals surface area contributed by atoms with E-state index in [2.05, 4.69) is 27.8 Å². The van der Waals surface area contributed by atoms with Crippen molar-refractivity contribution in [2.24, 2.45) is 0 Å². The zero-order valence-corrected chi connectivity index (χ0v) is 12.6. The Morgan fingerprint density at radius 2 is 2.14 bits per heavy atom. The first-order valence-corrected chi connectivity index (χ1v) is 7.92. The molecule has 1 aromatic rings. The Labute approximate surface area is 126 Å². The van der Waals surface area contributed by atoms with Crippen molar-refractivity contribution in [3.05, 3.63) is 23.8 Å². The number of likely N-dealkylation sites (tertiary alicyclic amines) is 1. The molecule has 2 aliphatic rings. The van der Waals surface area contributed by atoms with E-state index >= 15 is 0 Å². The highest BCUT2D eigenvalue weighted by Gasteiger charge is 2.23. The molecule has 1 saturated heterocycles. The summed E-state index contributed by atoms with van der Waals surface area (Å²) >= 11 is 0. The van der Waals surface area contributed by atoms with Crippen LogP contribution in [0.2, 0.25) is 0 Å². The van der Waals surface area contributed by atoms with E-state index in [0.29, 0.717) is 6.04 Å². The van der Waals surface area contributed by atoms with E-state index in [9.17, 15) is 4.79 Å². The topological polar surface area (TPSA) is 56.4 Å². The Bertz CT molecular complexity index is 517. The molecular formula is C16H24N4O. The summed E-state index contributed by atoms with van der Waals surface area (Å²) < 4.78 is 0. The molecule has 0 spiro atoms. The molecule has 0 bridgehead atoms. The summed E-state index contributed by atoms with van der Waals surface area (Å²) in [5.41, 5.74) is 2.82. The van der Waals surface area contributed by atoms with E-state index in [1.807, 2.05) is 18.2 Å². The number of carbonyl (C=O) groups excluding carboxylic acids is 1. The van der Waals surface area contributed by atoms with Crippen molar-refractivity contribution in [2.75, 3.05) is 43.4 Å². The molecule has 2 heterocycles. The largest absolute Gasteiger partial charge is 0.382 e. The second kappa shape index (κ2) is 6.35. The van der Waals surface area contributed by atoms with Crippen LogP contribution in [-0.4, -0.2) is 49.6 Å². The summed E-state index contributed by atoms with van der Waals surface area (Å²) in [6.45, 7) is 6.97. The van der Waals surface area contributed by atoms with Crippen LogP contribution in [0.25, 0.3) is 0 Å². The standard InChI is InChI=1S/C16H24N4O/c1-2-20-9-3-4-13(20)11-19-16(21)12-5-6-14-15(10-12)18-8-7-17-14/h5-6,10,13,17-18H,2-4,7-9,11H2,1H3,(H,19,21). The molecule has 0 aliphatic carbocycles.